The van der Waals surface area contributed by atoms with Gasteiger partial charge in [0, 0.05) is 39.3 Å². The molecule has 2 aliphatic rings. The minimum atomic E-state index is -3.52. The van der Waals surface area contributed by atoms with E-state index in [4.69, 9.17) is 0 Å². The van der Waals surface area contributed by atoms with Crippen molar-refractivity contribution in [3.63, 3.8) is 0 Å². The Hall–Kier alpha value is -2.71. The molecule has 2 aromatic carbocycles. The number of aromatic nitrogens is 2. The quantitative estimate of drug-likeness (QED) is 0.625. The van der Waals surface area contributed by atoms with Crippen LogP contribution in [0.25, 0.3) is 10.8 Å². The van der Waals surface area contributed by atoms with Gasteiger partial charge in [0.2, 0.25) is 10.0 Å². The summed E-state index contributed by atoms with van der Waals surface area (Å²) in [5.74, 6) is 1.74. The van der Waals surface area contributed by atoms with Crippen molar-refractivity contribution in [1.29, 1.82) is 0 Å². The molecule has 3 heterocycles. The zero-order valence-electron chi connectivity index (χ0n) is 17.5. The molecule has 0 spiro atoms. The van der Waals surface area contributed by atoms with E-state index >= 15 is 0 Å². The second-order valence-electron chi connectivity index (χ2n) is 8.20. The van der Waals surface area contributed by atoms with Crippen molar-refractivity contribution < 1.29 is 8.42 Å². The molecule has 0 aliphatic carbocycles. The molecule has 8 heteroatoms. The Morgan fingerprint density at radius 2 is 1.26 bits per heavy atom. The number of piperidine rings is 1. The standard InChI is InChI=1S/C23H27N5O2S/c29-31(30,21-9-8-19-6-2-3-7-20(19)18-21)28-16-14-27(15-17-28)23-11-10-22(24-25-23)26-12-4-1-5-13-26/h2-3,6-11,18H,1,4-5,12-17H2. The largest absolute Gasteiger partial charge is 0.355 e. The molecule has 0 radical (unpaired) electrons. The van der Waals surface area contributed by atoms with Gasteiger partial charge in [-0.1, -0.05) is 30.3 Å². The first kappa shape index (κ1) is 20.2. The van der Waals surface area contributed by atoms with Crippen molar-refractivity contribution in [3.05, 3.63) is 54.6 Å². The van der Waals surface area contributed by atoms with Crippen molar-refractivity contribution in [2.75, 3.05) is 49.1 Å². The molecule has 7 nitrogen and oxygen atoms in total. The Morgan fingerprint density at radius 3 is 1.90 bits per heavy atom. The molecule has 0 saturated carbocycles. The van der Waals surface area contributed by atoms with Crippen LogP contribution in [-0.2, 0) is 10.0 Å². The van der Waals surface area contributed by atoms with E-state index in [1.165, 1.54) is 19.3 Å². The highest BCUT2D eigenvalue weighted by Crippen LogP contribution is 2.24. The van der Waals surface area contributed by atoms with Gasteiger partial charge in [0.15, 0.2) is 11.6 Å². The predicted octanol–water partition coefficient (Wildman–Crippen LogP) is 3.13. The first-order valence-electron chi connectivity index (χ1n) is 10.9. The lowest BCUT2D eigenvalue weighted by Crippen LogP contribution is -2.49. The summed E-state index contributed by atoms with van der Waals surface area (Å²) in [5, 5.41) is 10.8. The molecular formula is C23H27N5O2S. The van der Waals surface area contributed by atoms with Crippen LogP contribution in [0, 0.1) is 0 Å². The fraction of sp³-hybridized carbons (Fsp3) is 0.391. The second-order valence-corrected chi connectivity index (χ2v) is 10.1. The van der Waals surface area contributed by atoms with Crippen LogP contribution in [0.4, 0.5) is 11.6 Å². The number of sulfonamides is 1. The molecule has 0 atom stereocenters. The summed E-state index contributed by atoms with van der Waals surface area (Å²) < 4.78 is 27.9. The van der Waals surface area contributed by atoms with Gasteiger partial charge >= 0.3 is 0 Å². The summed E-state index contributed by atoms with van der Waals surface area (Å²) in [7, 11) is -3.52. The highest BCUT2D eigenvalue weighted by Gasteiger charge is 2.29. The zero-order valence-corrected chi connectivity index (χ0v) is 18.3. The third kappa shape index (κ3) is 4.09. The molecular weight excluding hydrogens is 410 g/mol. The number of hydrogen-bond donors (Lipinski definition) is 0. The molecule has 2 fully saturated rings. The smallest absolute Gasteiger partial charge is 0.243 e. The minimum absolute atomic E-state index is 0.352. The molecule has 2 aliphatic heterocycles. The predicted molar refractivity (Wildman–Crippen MR) is 123 cm³/mol. The Balaban J connectivity index is 1.26. The molecule has 5 rings (SSSR count). The van der Waals surface area contributed by atoms with Gasteiger partial charge in [-0.3, -0.25) is 0 Å². The van der Waals surface area contributed by atoms with E-state index in [0.717, 1.165) is 35.5 Å². The summed E-state index contributed by atoms with van der Waals surface area (Å²) in [6.07, 6.45) is 3.70. The van der Waals surface area contributed by atoms with Crippen LogP contribution in [0.2, 0.25) is 0 Å². The van der Waals surface area contributed by atoms with Crippen molar-refractivity contribution in [2.45, 2.75) is 24.2 Å². The van der Waals surface area contributed by atoms with Crippen LogP contribution in [0.1, 0.15) is 19.3 Å². The number of benzene rings is 2. The van der Waals surface area contributed by atoms with E-state index in [9.17, 15) is 8.42 Å². The van der Waals surface area contributed by atoms with Crippen molar-refractivity contribution in [1.82, 2.24) is 14.5 Å². The van der Waals surface area contributed by atoms with Crippen LogP contribution in [-0.4, -0.2) is 62.2 Å². The van der Waals surface area contributed by atoms with Gasteiger partial charge in [0.1, 0.15) is 0 Å². The van der Waals surface area contributed by atoms with Crippen LogP contribution in [0.5, 0.6) is 0 Å². The van der Waals surface area contributed by atoms with Gasteiger partial charge in [0.25, 0.3) is 0 Å². The van der Waals surface area contributed by atoms with Crippen LogP contribution < -0.4 is 9.80 Å². The van der Waals surface area contributed by atoms with E-state index < -0.39 is 10.0 Å². The number of piperazine rings is 1. The molecule has 0 unspecified atom stereocenters. The van der Waals surface area contributed by atoms with E-state index in [0.29, 0.717) is 31.1 Å². The monoisotopic (exact) mass is 437 g/mol. The van der Waals surface area contributed by atoms with E-state index in [1.54, 1.807) is 16.4 Å². The van der Waals surface area contributed by atoms with Crippen LogP contribution in [0.15, 0.2) is 59.5 Å². The number of rotatable bonds is 4. The maximum atomic E-state index is 13.2. The summed E-state index contributed by atoms with van der Waals surface area (Å²) >= 11 is 0. The van der Waals surface area contributed by atoms with Crippen molar-refractivity contribution in [2.24, 2.45) is 0 Å². The molecule has 0 N–H and O–H groups in total. The Bertz CT molecular complexity index is 1150. The van der Waals surface area contributed by atoms with E-state index in [-0.39, 0.29) is 0 Å². The second kappa shape index (κ2) is 8.43. The summed E-state index contributed by atoms with van der Waals surface area (Å²) in [4.78, 5) is 4.75. The van der Waals surface area contributed by atoms with Gasteiger partial charge in [0.05, 0.1) is 4.90 Å². The molecule has 162 valence electrons. The van der Waals surface area contributed by atoms with Gasteiger partial charge < -0.3 is 9.80 Å². The number of anilines is 2. The molecule has 0 amide bonds. The SMILES string of the molecule is O=S(=O)(c1ccc2ccccc2c1)N1CCN(c2ccc(N3CCCCC3)nn2)CC1. The van der Waals surface area contributed by atoms with Gasteiger partial charge in [-0.05, 0) is 54.3 Å². The number of fused-ring (bicyclic) bond motifs is 1. The lowest BCUT2D eigenvalue weighted by Gasteiger charge is -2.34. The molecule has 1 aromatic heterocycles. The highest BCUT2D eigenvalue weighted by atomic mass is 32.2. The first-order valence-corrected chi connectivity index (χ1v) is 12.4. The molecule has 0 bridgehead atoms. The maximum Gasteiger partial charge on any atom is 0.243 e. The topological polar surface area (TPSA) is 69.6 Å². The molecule has 3 aromatic rings. The molecule has 2 saturated heterocycles. The van der Waals surface area contributed by atoms with Crippen LogP contribution >= 0.6 is 0 Å². The third-order valence-electron chi connectivity index (χ3n) is 6.24. The summed E-state index contributed by atoms with van der Waals surface area (Å²) in [6, 6.07) is 17.2. The maximum absolute atomic E-state index is 13.2. The van der Waals surface area contributed by atoms with Gasteiger partial charge in [-0.25, -0.2) is 8.42 Å². The number of nitrogens with zero attached hydrogens (tertiary/aromatic N) is 5. The average molecular weight is 438 g/mol. The summed E-state index contributed by atoms with van der Waals surface area (Å²) in [5.41, 5.74) is 0. The van der Waals surface area contributed by atoms with E-state index in [2.05, 4.69) is 20.0 Å². The third-order valence-corrected chi connectivity index (χ3v) is 8.13. The fourth-order valence-corrected chi connectivity index (χ4v) is 5.87. The lowest BCUT2D eigenvalue weighted by atomic mass is 10.1. The first-order chi connectivity index (χ1) is 15.1. The zero-order chi connectivity index (χ0) is 21.3. The normalized spacial score (nSPS) is 18.5. The highest BCUT2D eigenvalue weighted by molar-refractivity contribution is 7.89. The summed E-state index contributed by atoms with van der Waals surface area (Å²) in [6.45, 7) is 4.16. The Kier molecular flexibility index (Phi) is 5.50. The fourth-order valence-electron chi connectivity index (χ4n) is 4.41. The lowest BCUT2D eigenvalue weighted by molar-refractivity contribution is 0.383. The minimum Gasteiger partial charge on any atom is -0.355 e. The Morgan fingerprint density at radius 1 is 0.645 bits per heavy atom. The van der Waals surface area contributed by atoms with E-state index in [1.807, 2.05) is 42.5 Å². The Labute approximate surface area is 183 Å². The van der Waals surface area contributed by atoms with Crippen molar-refractivity contribution >= 4 is 32.4 Å². The van der Waals surface area contributed by atoms with Crippen molar-refractivity contribution in [3.8, 4) is 0 Å². The molecule has 31 heavy (non-hydrogen) atoms. The number of hydrogen-bond acceptors (Lipinski definition) is 6. The van der Waals surface area contributed by atoms with Gasteiger partial charge in [-0.15, -0.1) is 10.2 Å². The van der Waals surface area contributed by atoms with Gasteiger partial charge in [-0.2, -0.15) is 4.31 Å². The average Bonchev–Trinajstić information content (AvgIpc) is 2.84. The van der Waals surface area contributed by atoms with Crippen LogP contribution in [0.3, 0.4) is 0 Å².